The largest absolute Gasteiger partial charge is 0.497 e. The smallest absolute Gasteiger partial charge is 0.336 e. The Morgan fingerprint density at radius 3 is 2.34 bits per heavy atom. The van der Waals surface area contributed by atoms with Crippen LogP contribution in [0, 0.1) is 5.92 Å². The van der Waals surface area contributed by atoms with Gasteiger partial charge in [-0.1, -0.05) is 43.3 Å². The fourth-order valence-corrected chi connectivity index (χ4v) is 4.65. The fourth-order valence-electron chi connectivity index (χ4n) is 4.65. The number of ether oxygens (including phenoxy) is 2. The Morgan fingerprint density at radius 1 is 1.00 bits per heavy atom. The fraction of sp³-hybridized carbons (Fsp3) is 0.370. The second-order valence-electron chi connectivity index (χ2n) is 8.40. The Labute approximate surface area is 189 Å². The van der Waals surface area contributed by atoms with E-state index in [0.29, 0.717) is 17.7 Å². The minimum atomic E-state index is -0.413. The van der Waals surface area contributed by atoms with Gasteiger partial charge in [-0.3, -0.25) is 9.79 Å². The van der Waals surface area contributed by atoms with Crippen molar-refractivity contribution in [1.82, 2.24) is 0 Å². The molecular formula is C27H29NO4. The highest BCUT2D eigenvalue weighted by Gasteiger charge is 2.43. The molecule has 166 valence electrons. The van der Waals surface area contributed by atoms with Crippen molar-refractivity contribution in [2.24, 2.45) is 10.9 Å². The monoisotopic (exact) mass is 431 g/mol. The summed E-state index contributed by atoms with van der Waals surface area (Å²) < 4.78 is 10.9. The maximum Gasteiger partial charge on any atom is 0.336 e. The van der Waals surface area contributed by atoms with Crippen molar-refractivity contribution in [3.8, 4) is 5.75 Å². The average Bonchev–Trinajstić information content (AvgIpc) is 2.82. The van der Waals surface area contributed by atoms with E-state index >= 15 is 0 Å². The van der Waals surface area contributed by atoms with E-state index in [-0.39, 0.29) is 24.2 Å². The Hall–Kier alpha value is -3.21. The number of methoxy groups -OCH3 is 1. The van der Waals surface area contributed by atoms with Gasteiger partial charge in [-0.2, -0.15) is 0 Å². The van der Waals surface area contributed by atoms with Gasteiger partial charge in [0.05, 0.1) is 18.6 Å². The number of hydrogen-bond donors (Lipinski definition) is 0. The van der Waals surface area contributed by atoms with Crippen LogP contribution in [0.4, 0.5) is 0 Å². The number of rotatable bonds is 6. The molecule has 5 heteroatoms. The number of nitrogens with zero attached hydrogens (tertiary/aromatic N) is 1. The summed E-state index contributed by atoms with van der Waals surface area (Å²) in [6, 6.07) is 15.6. The number of hydrogen-bond acceptors (Lipinski definition) is 5. The van der Waals surface area contributed by atoms with Crippen molar-refractivity contribution >= 4 is 17.5 Å². The van der Waals surface area contributed by atoms with Crippen molar-refractivity contribution in [2.75, 3.05) is 7.11 Å². The zero-order chi connectivity index (χ0) is 22.7. The molecule has 0 aromatic heterocycles. The number of esters is 1. The lowest BCUT2D eigenvalue weighted by Gasteiger charge is -2.35. The molecule has 0 spiro atoms. The first kappa shape index (κ1) is 22.0. The van der Waals surface area contributed by atoms with Gasteiger partial charge in [0.1, 0.15) is 18.1 Å². The van der Waals surface area contributed by atoms with Crippen LogP contribution in [0.2, 0.25) is 0 Å². The molecule has 0 saturated heterocycles. The molecule has 0 N–H and O–H groups in total. The molecule has 1 heterocycles. The molecule has 0 radical (unpaired) electrons. The summed E-state index contributed by atoms with van der Waals surface area (Å²) >= 11 is 0. The molecule has 1 fully saturated rings. The first-order valence-electron chi connectivity index (χ1n) is 11.2. The van der Waals surface area contributed by atoms with Crippen molar-refractivity contribution in [3.63, 3.8) is 0 Å². The lowest BCUT2D eigenvalue weighted by molar-refractivity contribution is -0.140. The normalized spacial score (nSPS) is 20.5. The highest BCUT2D eigenvalue weighted by Crippen LogP contribution is 2.43. The minimum absolute atomic E-state index is 0.149. The predicted molar refractivity (Wildman–Crippen MR) is 124 cm³/mol. The van der Waals surface area contributed by atoms with E-state index < -0.39 is 5.97 Å². The van der Waals surface area contributed by atoms with Gasteiger partial charge in [-0.05, 0) is 55.0 Å². The van der Waals surface area contributed by atoms with Gasteiger partial charge in [0, 0.05) is 23.7 Å². The number of Topliss-reactive ketones (excluding diaryl/α,β-unsaturated/α-hetero) is 1. The number of aryl methyl sites for hydroxylation is 1. The highest BCUT2D eigenvalue weighted by molar-refractivity contribution is 6.11. The molecule has 2 atom stereocenters. The number of carbonyl (C=O) groups is 2. The lowest BCUT2D eigenvalue weighted by Crippen LogP contribution is -2.39. The Bertz CT molecular complexity index is 1060. The number of allylic oxidation sites excluding steroid dienone is 1. The zero-order valence-corrected chi connectivity index (χ0v) is 18.9. The Balaban J connectivity index is 1.66. The summed E-state index contributed by atoms with van der Waals surface area (Å²) in [5.41, 5.74) is 5.09. The quantitative estimate of drug-likeness (QED) is 0.591. The van der Waals surface area contributed by atoms with E-state index in [4.69, 9.17) is 14.5 Å². The van der Waals surface area contributed by atoms with Gasteiger partial charge in [0.15, 0.2) is 0 Å². The summed E-state index contributed by atoms with van der Waals surface area (Å²) in [6.07, 6.45) is 3.08. The SMILES string of the molecule is CCc1ccc([C@@H]2C(C(=O)OCc3ccc(OC)cc3)=C(C)N=C3CCCC(=O)C32)cc1. The number of benzene rings is 2. The summed E-state index contributed by atoms with van der Waals surface area (Å²) in [4.78, 5) is 31.0. The van der Waals surface area contributed by atoms with E-state index in [1.165, 1.54) is 5.56 Å². The van der Waals surface area contributed by atoms with Crippen LogP contribution in [0.1, 0.15) is 55.7 Å². The van der Waals surface area contributed by atoms with Crippen LogP contribution in [0.25, 0.3) is 0 Å². The minimum Gasteiger partial charge on any atom is -0.497 e. The van der Waals surface area contributed by atoms with E-state index in [1.54, 1.807) is 7.11 Å². The molecule has 32 heavy (non-hydrogen) atoms. The predicted octanol–water partition coefficient (Wildman–Crippen LogP) is 5.18. The standard InChI is InChI=1S/C27H29NO4/c1-4-18-8-12-20(13-9-18)25-24(17(2)28-22-6-5-7-23(29)26(22)25)27(30)32-16-19-10-14-21(31-3)15-11-19/h8-15,25-26H,4-7,16H2,1-3H3/t25-,26?/m1/s1. The first-order chi connectivity index (χ1) is 15.5. The molecule has 0 bridgehead atoms. The van der Waals surface area contributed by atoms with Gasteiger partial charge >= 0.3 is 5.97 Å². The topological polar surface area (TPSA) is 65.0 Å². The molecule has 5 nitrogen and oxygen atoms in total. The lowest BCUT2D eigenvalue weighted by atomic mass is 9.69. The van der Waals surface area contributed by atoms with E-state index in [2.05, 4.69) is 19.1 Å². The van der Waals surface area contributed by atoms with Gasteiger partial charge in [-0.15, -0.1) is 0 Å². The third kappa shape index (κ3) is 4.38. The molecule has 4 rings (SSSR count). The molecule has 1 aliphatic heterocycles. The van der Waals surface area contributed by atoms with Crippen LogP contribution in [-0.2, 0) is 27.4 Å². The van der Waals surface area contributed by atoms with Gasteiger partial charge < -0.3 is 9.47 Å². The van der Waals surface area contributed by atoms with Crippen LogP contribution >= 0.6 is 0 Å². The summed E-state index contributed by atoms with van der Waals surface area (Å²) in [6.45, 7) is 4.10. The first-order valence-corrected chi connectivity index (χ1v) is 11.2. The number of fused-ring (bicyclic) bond motifs is 1. The summed E-state index contributed by atoms with van der Waals surface area (Å²) in [5, 5.41) is 0. The summed E-state index contributed by atoms with van der Waals surface area (Å²) in [7, 11) is 1.61. The van der Waals surface area contributed by atoms with Crippen LogP contribution in [0.15, 0.2) is 64.8 Å². The van der Waals surface area contributed by atoms with Gasteiger partial charge in [0.2, 0.25) is 0 Å². The number of aliphatic imine (C=N–C) groups is 1. The van der Waals surface area contributed by atoms with Crippen LogP contribution < -0.4 is 4.74 Å². The van der Waals surface area contributed by atoms with Crippen molar-refractivity contribution < 1.29 is 19.1 Å². The van der Waals surface area contributed by atoms with E-state index in [9.17, 15) is 9.59 Å². The van der Waals surface area contributed by atoms with E-state index in [1.807, 2.05) is 43.3 Å². The number of carbonyl (C=O) groups excluding carboxylic acids is 2. The van der Waals surface area contributed by atoms with Crippen LogP contribution in [-0.4, -0.2) is 24.6 Å². The third-order valence-corrected chi connectivity index (χ3v) is 6.40. The Kier molecular flexibility index (Phi) is 6.54. The molecule has 2 aromatic carbocycles. The Morgan fingerprint density at radius 2 is 1.69 bits per heavy atom. The molecule has 1 aliphatic carbocycles. The maximum absolute atomic E-state index is 13.3. The van der Waals surface area contributed by atoms with Crippen molar-refractivity contribution in [1.29, 1.82) is 0 Å². The molecule has 2 aliphatic rings. The average molecular weight is 432 g/mol. The third-order valence-electron chi connectivity index (χ3n) is 6.40. The van der Waals surface area contributed by atoms with Gasteiger partial charge in [0.25, 0.3) is 0 Å². The molecule has 1 unspecified atom stereocenters. The summed E-state index contributed by atoms with van der Waals surface area (Å²) in [5.74, 6) is -0.246. The molecule has 1 saturated carbocycles. The molecular weight excluding hydrogens is 402 g/mol. The second-order valence-corrected chi connectivity index (χ2v) is 8.40. The van der Waals surface area contributed by atoms with Crippen molar-refractivity contribution in [2.45, 2.75) is 52.1 Å². The van der Waals surface area contributed by atoms with Crippen LogP contribution in [0.5, 0.6) is 5.75 Å². The number of ketones is 1. The maximum atomic E-state index is 13.3. The zero-order valence-electron chi connectivity index (χ0n) is 18.9. The molecule has 0 amide bonds. The van der Waals surface area contributed by atoms with Crippen LogP contribution in [0.3, 0.4) is 0 Å². The van der Waals surface area contributed by atoms with Crippen molar-refractivity contribution in [3.05, 3.63) is 76.5 Å². The second kappa shape index (κ2) is 9.51. The van der Waals surface area contributed by atoms with Gasteiger partial charge in [-0.25, -0.2) is 4.79 Å². The highest BCUT2D eigenvalue weighted by atomic mass is 16.5. The molecule has 2 aromatic rings. The van der Waals surface area contributed by atoms with E-state index in [0.717, 1.165) is 41.9 Å².